The zero-order chi connectivity index (χ0) is 26.0. The van der Waals surface area contributed by atoms with E-state index in [1.54, 1.807) is 6.07 Å². The maximum absolute atomic E-state index is 13.9. The minimum absolute atomic E-state index is 0.0883. The monoisotopic (exact) mass is 507 g/mol. The molecule has 10 heteroatoms. The van der Waals surface area contributed by atoms with E-state index in [9.17, 15) is 14.4 Å². The molecule has 1 aliphatic rings. The molecule has 0 unspecified atom stereocenters. The van der Waals surface area contributed by atoms with Gasteiger partial charge in [-0.1, -0.05) is 49.7 Å². The Labute approximate surface area is 213 Å². The van der Waals surface area contributed by atoms with Crippen LogP contribution in [0.15, 0.2) is 54.9 Å². The minimum Gasteiger partial charge on any atom is -0.478 e. The van der Waals surface area contributed by atoms with Crippen LogP contribution in [0.25, 0.3) is 0 Å². The number of hydrogen-bond acceptors (Lipinski definition) is 6. The highest BCUT2D eigenvalue weighted by atomic mass is 35.5. The number of halogens is 1. The van der Waals surface area contributed by atoms with Crippen LogP contribution in [0.3, 0.4) is 0 Å². The summed E-state index contributed by atoms with van der Waals surface area (Å²) in [5.74, 6) is -0.996. The molecule has 3 aromatic rings. The van der Waals surface area contributed by atoms with Crippen molar-refractivity contribution >= 4 is 40.9 Å². The van der Waals surface area contributed by atoms with Crippen LogP contribution >= 0.6 is 11.6 Å². The van der Waals surface area contributed by atoms with Crippen LogP contribution in [-0.2, 0) is 10.2 Å². The molecule has 0 atom stereocenters. The van der Waals surface area contributed by atoms with Gasteiger partial charge in [0, 0.05) is 26.3 Å². The molecule has 2 amide bonds. The minimum atomic E-state index is -1.05. The predicted molar refractivity (Wildman–Crippen MR) is 137 cm³/mol. The predicted octanol–water partition coefficient (Wildman–Crippen LogP) is 3.71. The van der Waals surface area contributed by atoms with E-state index in [1.807, 2.05) is 29.2 Å². The highest BCUT2D eigenvalue weighted by molar-refractivity contribution is 6.30. The summed E-state index contributed by atoms with van der Waals surface area (Å²) in [5, 5.41) is 14.8. The number of aromatic carboxylic acids is 1. The van der Waals surface area contributed by atoms with Crippen molar-refractivity contribution < 1.29 is 19.5 Å². The maximum Gasteiger partial charge on any atom is 0.337 e. The largest absolute Gasteiger partial charge is 0.478 e. The Morgan fingerprint density at radius 1 is 1.08 bits per heavy atom. The van der Waals surface area contributed by atoms with Gasteiger partial charge < -0.3 is 20.6 Å². The lowest BCUT2D eigenvalue weighted by molar-refractivity contribution is -0.122. The lowest BCUT2D eigenvalue weighted by Gasteiger charge is -2.50. The molecule has 36 heavy (non-hydrogen) atoms. The molecule has 2 aromatic heterocycles. The van der Waals surface area contributed by atoms with Gasteiger partial charge in [-0.15, -0.1) is 0 Å². The third-order valence-electron chi connectivity index (χ3n) is 6.36. The van der Waals surface area contributed by atoms with Crippen molar-refractivity contribution in [1.82, 2.24) is 15.3 Å². The lowest BCUT2D eigenvalue weighted by Crippen LogP contribution is -2.65. The first-order valence-corrected chi connectivity index (χ1v) is 11.8. The van der Waals surface area contributed by atoms with Crippen molar-refractivity contribution in [2.24, 2.45) is 0 Å². The van der Waals surface area contributed by atoms with Crippen LogP contribution in [-0.4, -0.2) is 53.0 Å². The summed E-state index contributed by atoms with van der Waals surface area (Å²) < 4.78 is 0. The second kappa shape index (κ2) is 9.94. The number of carbonyl (C=O) groups is 3. The average Bonchev–Trinajstić information content (AvgIpc) is 2.84. The summed E-state index contributed by atoms with van der Waals surface area (Å²) in [4.78, 5) is 47.8. The summed E-state index contributed by atoms with van der Waals surface area (Å²) in [6.07, 6.45) is 2.67. The van der Waals surface area contributed by atoms with Gasteiger partial charge in [0.2, 0.25) is 5.91 Å². The highest BCUT2D eigenvalue weighted by Crippen LogP contribution is 2.41. The Kier molecular flexibility index (Phi) is 6.94. The van der Waals surface area contributed by atoms with E-state index < -0.39 is 17.3 Å². The average molecular weight is 508 g/mol. The molecule has 4 rings (SSSR count). The number of carboxylic acids is 1. The number of rotatable bonds is 7. The van der Waals surface area contributed by atoms with E-state index in [-0.39, 0.29) is 33.8 Å². The first kappa shape index (κ1) is 25.1. The number of carbonyl (C=O) groups excluding carboxylic acids is 2. The Bertz CT molecular complexity index is 1320. The fraction of sp³-hybridized carbons (Fsp3) is 0.269. The molecule has 1 aliphatic heterocycles. The van der Waals surface area contributed by atoms with E-state index in [4.69, 9.17) is 16.7 Å². The fourth-order valence-corrected chi connectivity index (χ4v) is 4.59. The van der Waals surface area contributed by atoms with Gasteiger partial charge in [-0.05, 0) is 35.2 Å². The normalized spacial score (nSPS) is 14.2. The molecule has 0 aliphatic carbocycles. The second-order valence-electron chi connectivity index (χ2n) is 8.98. The van der Waals surface area contributed by atoms with Crippen LogP contribution < -0.4 is 15.5 Å². The number of amides is 2. The molecule has 0 spiro atoms. The van der Waals surface area contributed by atoms with Gasteiger partial charge in [-0.3, -0.25) is 9.59 Å². The van der Waals surface area contributed by atoms with Crippen molar-refractivity contribution in [3.05, 3.63) is 82.3 Å². The molecular formula is C26H26ClN5O4. The SMILES string of the molecule is CNC(=O)c1cc(Cl)ncc1NC(=O)C1(c2ccccc2C(C)C)CN(c2ccc(C(=O)O)cn2)C1. The number of anilines is 2. The Hall–Kier alpha value is -3.98. The smallest absolute Gasteiger partial charge is 0.337 e. The van der Waals surface area contributed by atoms with Gasteiger partial charge in [-0.2, -0.15) is 0 Å². The zero-order valence-electron chi connectivity index (χ0n) is 20.1. The first-order valence-electron chi connectivity index (χ1n) is 11.4. The highest BCUT2D eigenvalue weighted by Gasteiger charge is 2.52. The van der Waals surface area contributed by atoms with Crippen LogP contribution in [0.4, 0.5) is 11.5 Å². The summed E-state index contributed by atoms with van der Waals surface area (Å²) >= 11 is 6.00. The Morgan fingerprint density at radius 2 is 1.81 bits per heavy atom. The molecule has 186 valence electrons. The van der Waals surface area contributed by atoms with Gasteiger partial charge in [0.1, 0.15) is 16.4 Å². The van der Waals surface area contributed by atoms with E-state index in [0.29, 0.717) is 18.9 Å². The molecule has 0 saturated carbocycles. The van der Waals surface area contributed by atoms with Gasteiger partial charge >= 0.3 is 5.97 Å². The van der Waals surface area contributed by atoms with Crippen molar-refractivity contribution in [3.63, 3.8) is 0 Å². The van der Waals surface area contributed by atoms with E-state index in [1.165, 1.54) is 31.6 Å². The molecule has 1 saturated heterocycles. The summed E-state index contributed by atoms with van der Waals surface area (Å²) in [6, 6.07) is 12.3. The maximum atomic E-state index is 13.9. The zero-order valence-corrected chi connectivity index (χ0v) is 20.8. The molecular weight excluding hydrogens is 482 g/mol. The van der Waals surface area contributed by atoms with Gasteiger partial charge in [-0.25, -0.2) is 14.8 Å². The second-order valence-corrected chi connectivity index (χ2v) is 9.36. The van der Waals surface area contributed by atoms with E-state index in [2.05, 4.69) is 34.4 Å². The van der Waals surface area contributed by atoms with Gasteiger partial charge in [0.15, 0.2) is 0 Å². The Morgan fingerprint density at radius 3 is 2.42 bits per heavy atom. The molecule has 1 aromatic carbocycles. The number of pyridine rings is 2. The molecule has 1 fully saturated rings. The number of nitrogens with zero attached hydrogens (tertiary/aromatic N) is 3. The molecule has 0 radical (unpaired) electrons. The summed E-state index contributed by atoms with van der Waals surface area (Å²) in [5.41, 5.74) is 1.55. The third kappa shape index (κ3) is 4.61. The quantitative estimate of drug-likeness (QED) is 0.416. The summed E-state index contributed by atoms with van der Waals surface area (Å²) in [7, 11) is 1.50. The number of carboxylic acid groups (broad SMARTS) is 1. The molecule has 9 nitrogen and oxygen atoms in total. The van der Waals surface area contributed by atoms with Crippen LogP contribution in [0.1, 0.15) is 51.6 Å². The van der Waals surface area contributed by atoms with E-state index >= 15 is 0 Å². The third-order valence-corrected chi connectivity index (χ3v) is 6.57. The van der Waals surface area contributed by atoms with Crippen molar-refractivity contribution in [2.45, 2.75) is 25.2 Å². The van der Waals surface area contributed by atoms with Crippen LogP contribution in [0, 0.1) is 0 Å². The fourth-order valence-electron chi connectivity index (χ4n) is 4.43. The van der Waals surface area contributed by atoms with Crippen LogP contribution in [0.5, 0.6) is 0 Å². The standard InChI is InChI=1S/C26H26ClN5O4/c1-15(2)17-6-4-5-7-19(17)26(13-32(14-26)22-9-8-16(11-30-22)24(34)35)25(36)31-20-12-29-21(27)10-18(20)23(33)28-3/h4-12,15H,13-14H2,1-3H3,(H,28,33)(H,31,36)(H,34,35). The Balaban J connectivity index is 1.71. The molecule has 0 bridgehead atoms. The van der Waals surface area contributed by atoms with Crippen molar-refractivity contribution in [2.75, 3.05) is 30.4 Å². The number of hydrogen-bond donors (Lipinski definition) is 3. The van der Waals surface area contributed by atoms with Crippen molar-refractivity contribution in [3.8, 4) is 0 Å². The topological polar surface area (TPSA) is 125 Å². The molecule has 3 heterocycles. The van der Waals surface area contributed by atoms with Crippen molar-refractivity contribution in [1.29, 1.82) is 0 Å². The first-order chi connectivity index (χ1) is 17.2. The number of benzene rings is 1. The van der Waals surface area contributed by atoms with Crippen LogP contribution in [0.2, 0.25) is 5.15 Å². The summed E-state index contributed by atoms with van der Waals surface area (Å²) in [6.45, 7) is 4.77. The number of nitrogens with one attached hydrogen (secondary N) is 2. The van der Waals surface area contributed by atoms with Gasteiger partial charge in [0.25, 0.3) is 5.91 Å². The van der Waals surface area contributed by atoms with E-state index in [0.717, 1.165) is 11.1 Å². The lowest BCUT2D eigenvalue weighted by atomic mass is 9.69. The molecule has 3 N–H and O–H groups in total. The number of aromatic nitrogens is 2. The van der Waals surface area contributed by atoms with Gasteiger partial charge in [0.05, 0.1) is 23.0 Å².